The topological polar surface area (TPSA) is 71.4 Å². The first kappa shape index (κ1) is 27.5. The minimum Gasteiger partial charge on any atom is -0.495 e. The van der Waals surface area contributed by atoms with Gasteiger partial charge in [-0.2, -0.15) is 0 Å². The molecule has 1 aliphatic heterocycles. The first-order valence-electron chi connectivity index (χ1n) is 14.0. The fourth-order valence-corrected chi connectivity index (χ4v) is 6.36. The molecule has 0 radical (unpaired) electrons. The molecule has 2 atom stereocenters. The quantitative estimate of drug-likeness (QED) is 0.202. The van der Waals surface area contributed by atoms with Gasteiger partial charge in [0.2, 0.25) is 5.91 Å². The molecule has 1 amide bonds. The molecule has 2 N–H and O–H groups in total. The van der Waals surface area contributed by atoms with Crippen LogP contribution in [-0.2, 0) is 4.79 Å². The van der Waals surface area contributed by atoms with E-state index < -0.39 is 0 Å². The Morgan fingerprint density at radius 2 is 1.76 bits per heavy atom. The maximum atomic E-state index is 13.1. The summed E-state index contributed by atoms with van der Waals surface area (Å²) in [7, 11) is 1.59. The molecule has 1 fully saturated rings. The van der Waals surface area contributed by atoms with E-state index >= 15 is 0 Å². The van der Waals surface area contributed by atoms with E-state index in [9.17, 15) is 4.79 Å². The fraction of sp³-hybridized carbons (Fsp3) is 0.206. The summed E-state index contributed by atoms with van der Waals surface area (Å²) >= 11 is 5.88. The Kier molecular flexibility index (Phi) is 7.63. The van der Waals surface area contributed by atoms with Crippen molar-refractivity contribution in [3.8, 4) is 11.4 Å². The Balaban J connectivity index is 1.36. The molecule has 0 bridgehead atoms. The molecule has 3 heterocycles. The van der Waals surface area contributed by atoms with Crippen LogP contribution in [0, 0.1) is 13.8 Å². The molecule has 0 spiro atoms. The smallest absolute Gasteiger partial charge is 0.226 e. The second-order valence-corrected chi connectivity index (χ2v) is 10.9. The number of thiocarbonyl (C=S) groups is 1. The van der Waals surface area contributed by atoms with Gasteiger partial charge in [-0.3, -0.25) is 9.78 Å². The molecule has 6 rings (SSSR count). The molecule has 2 aromatic heterocycles. The Hall–Kier alpha value is -4.69. The van der Waals surface area contributed by atoms with Gasteiger partial charge in [-0.1, -0.05) is 54.6 Å². The number of rotatable bonds is 8. The molecule has 42 heavy (non-hydrogen) atoms. The van der Waals surface area contributed by atoms with Gasteiger partial charge in [-0.05, 0) is 73.4 Å². The third-order valence-electron chi connectivity index (χ3n) is 7.96. The zero-order chi connectivity index (χ0) is 29.2. The second-order valence-electron chi connectivity index (χ2n) is 10.5. The molecule has 1 aliphatic rings. The van der Waals surface area contributed by atoms with Gasteiger partial charge < -0.3 is 24.8 Å². The summed E-state index contributed by atoms with van der Waals surface area (Å²) in [6, 6.07) is 30.1. The highest BCUT2D eigenvalue weighted by Crippen LogP contribution is 2.42. The number of para-hydroxylation sites is 2. The highest BCUT2D eigenvalue weighted by Gasteiger charge is 2.41. The van der Waals surface area contributed by atoms with Gasteiger partial charge in [0, 0.05) is 35.9 Å². The fourth-order valence-electron chi connectivity index (χ4n) is 6.03. The number of aryl methyl sites for hydroxylation is 1. The Morgan fingerprint density at radius 1 is 1.00 bits per heavy atom. The van der Waals surface area contributed by atoms with Crippen molar-refractivity contribution < 1.29 is 9.53 Å². The molecule has 8 heteroatoms. The number of nitrogens with one attached hydrogen (secondary N) is 2. The average molecular weight is 576 g/mol. The number of anilines is 1. The van der Waals surface area contributed by atoms with Crippen LogP contribution in [0.4, 0.5) is 5.69 Å². The van der Waals surface area contributed by atoms with Crippen LogP contribution >= 0.6 is 12.2 Å². The zero-order valence-electron chi connectivity index (χ0n) is 23.9. The molecule has 7 nitrogen and oxygen atoms in total. The Labute approximate surface area is 251 Å². The molecular formula is C34H33N5O2S. The lowest BCUT2D eigenvalue weighted by Gasteiger charge is -2.28. The van der Waals surface area contributed by atoms with Crippen LogP contribution in [0.25, 0.3) is 16.5 Å². The van der Waals surface area contributed by atoms with Crippen molar-refractivity contribution in [2.45, 2.75) is 32.4 Å². The van der Waals surface area contributed by atoms with Gasteiger partial charge in [-0.25, -0.2) is 0 Å². The maximum absolute atomic E-state index is 13.1. The van der Waals surface area contributed by atoms with E-state index in [1.165, 1.54) is 10.8 Å². The molecule has 5 aromatic rings. The van der Waals surface area contributed by atoms with Crippen LogP contribution < -0.4 is 15.4 Å². The van der Waals surface area contributed by atoms with E-state index in [-0.39, 0.29) is 24.4 Å². The van der Waals surface area contributed by atoms with E-state index in [0.29, 0.717) is 23.1 Å². The van der Waals surface area contributed by atoms with Gasteiger partial charge in [-0.15, -0.1) is 0 Å². The number of hydrogen-bond donors (Lipinski definition) is 2. The number of aromatic nitrogens is 2. The summed E-state index contributed by atoms with van der Waals surface area (Å²) in [6.45, 7) is 4.74. The first-order chi connectivity index (χ1) is 20.5. The van der Waals surface area contributed by atoms with E-state index in [1.54, 1.807) is 13.3 Å². The predicted octanol–water partition coefficient (Wildman–Crippen LogP) is 6.65. The molecule has 1 saturated heterocycles. The van der Waals surface area contributed by atoms with E-state index in [1.807, 2.05) is 42.5 Å². The molecule has 3 aromatic carbocycles. The van der Waals surface area contributed by atoms with Crippen molar-refractivity contribution in [3.63, 3.8) is 0 Å². The van der Waals surface area contributed by atoms with Crippen molar-refractivity contribution in [3.05, 3.63) is 120 Å². The van der Waals surface area contributed by atoms with Gasteiger partial charge in [0.25, 0.3) is 0 Å². The summed E-state index contributed by atoms with van der Waals surface area (Å²) in [5, 5.41) is 9.51. The number of amides is 1. The summed E-state index contributed by atoms with van der Waals surface area (Å²) < 4.78 is 7.72. The van der Waals surface area contributed by atoms with Gasteiger partial charge in [0.15, 0.2) is 5.11 Å². The monoisotopic (exact) mass is 575 g/mol. The number of pyridine rings is 1. The highest BCUT2D eigenvalue weighted by molar-refractivity contribution is 7.80. The normalized spacial score (nSPS) is 16.5. The van der Waals surface area contributed by atoms with Crippen molar-refractivity contribution in [2.75, 3.05) is 19.0 Å². The van der Waals surface area contributed by atoms with Gasteiger partial charge >= 0.3 is 0 Å². The zero-order valence-corrected chi connectivity index (χ0v) is 24.7. The first-order valence-corrected chi connectivity index (χ1v) is 14.4. The van der Waals surface area contributed by atoms with Crippen molar-refractivity contribution in [2.24, 2.45) is 0 Å². The lowest BCUT2D eigenvalue weighted by Crippen LogP contribution is -2.33. The lowest BCUT2D eigenvalue weighted by atomic mass is 9.96. The number of carbonyl (C=O) groups is 1. The van der Waals surface area contributed by atoms with Crippen LogP contribution in [0.2, 0.25) is 0 Å². The molecular weight excluding hydrogens is 542 g/mol. The highest BCUT2D eigenvalue weighted by atomic mass is 32.1. The second kappa shape index (κ2) is 11.7. The third-order valence-corrected chi connectivity index (χ3v) is 8.31. The summed E-state index contributed by atoms with van der Waals surface area (Å²) in [4.78, 5) is 19.9. The minimum absolute atomic E-state index is 0.108. The van der Waals surface area contributed by atoms with Crippen molar-refractivity contribution >= 4 is 39.7 Å². The maximum Gasteiger partial charge on any atom is 0.226 e. The van der Waals surface area contributed by atoms with Gasteiger partial charge in [0.05, 0.1) is 36.3 Å². The number of carbonyl (C=O) groups excluding carboxylic acids is 1. The number of fused-ring (bicyclic) bond motifs is 1. The number of methoxy groups -OCH3 is 1. The summed E-state index contributed by atoms with van der Waals surface area (Å²) in [5.41, 5.74) is 6.10. The molecule has 0 saturated carbocycles. The number of hydrogen-bond acceptors (Lipinski definition) is 4. The summed E-state index contributed by atoms with van der Waals surface area (Å²) in [5.74, 6) is 0.516. The van der Waals surface area contributed by atoms with Gasteiger partial charge in [0.1, 0.15) is 5.75 Å². The van der Waals surface area contributed by atoms with Crippen LogP contribution in [0.3, 0.4) is 0 Å². The minimum atomic E-state index is -0.169. The SMILES string of the molecule is COc1ccccc1NC(=O)CCN1C(=S)N[C@H](c2ccccn2)[C@@H]1c1cc(C)n(-c2cccc3ccccc23)c1C. The van der Waals surface area contributed by atoms with E-state index in [2.05, 4.69) is 87.5 Å². The average Bonchev–Trinajstić information content (AvgIpc) is 3.50. The van der Waals surface area contributed by atoms with E-state index in [4.69, 9.17) is 17.0 Å². The Morgan fingerprint density at radius 3 is 2.57 bits per heavy atom. The number of benzene rings is 3. The molecule has 212 valence electrons. The Bertz CT molecular complexity index is 1760. The number of ether oxygens (including phenoxy) is 1. The van der Waals surface area contributed by atoms with Crippen LogP contribution in [0.5, 0.6) is 5.75 Å². The van der Waals surface area contributed by atoms with Crippen LogP contribution in [0.1, 0.15) is 41.1 Å². The van der Waals surface area contributed by atoms with E-state index in [0.717, 1.165) is 28.3 Å². The van der Waals surface area contributed by atoms with Crippen molar-refractivity contribution in [1.82, 2.24) is 19.8 Å². The number of nitrogens with zero attached hydrogens (tertiary/aromatic N) is 3. The van der Waals surface area contributed by atoms with Crippen LogP contribution in [0.15, 0.2) is 97.2 Å². The standard InChI is InChI=1S/C34H33N5O2S/c1-22-21-26(23(2)39(22)29-16-10-12-24-11-4-5-13-25(24)29)33-32(28-15-8-9-19-35-28)37-34(42)38(33)20-18-31(40)36-27-14-6-7-17-30(27)41-3/h4-17,19,21,32-33H,18,20H2,1-3H3,(H,36,40)(H,37,42)/t32-,33+/m1/s1. The third kappa shape index (κ3) is 5.10. The molecule has 0 unspecified atom stereocenters. The summed E-state index contributed by atoms with van der Waals surface area (Å²) in [6.07, 6.45) is 2.06. The van der Waals surface area contributed by atoms with Crippen LogP contribution in [-0.4, -0.2) is 39.1 Å². The molecule has 0 aliphatic carbocycles. The largest absolute Gasteiger partial charge is 0.495 e. The predicted molar refractivity (Wildman–Crippen MR) is 171 cm³/mol. The van der Waals surface area contributed by atoms with Crippen molar-refractivity contribution in [1.29, 1.82) is 0 Å². The lowest BCUT2D eigenvalue weighted by molar-refractivity contribution is -0.116.